The predicted octanol–water partition coefficient (Wildman–Crippen LogP) is 1.51. The van der Waals surface area contributed by atoms with Crippen LogP contribution in [-0.2, 0) is 6.18 Å². The molecule has 0 aromatic carbocycles. The summed E-state index contributed by atoms with van der Waals surface area (Å²) in [5.74, 6) is -1.40. The molecule has 0 aliphatic carbocycles. The van der Waals surface area contributed by atoms with Crippen LogP contribution in [0.5, 0.6) is 0 Å². The lowest BCUT2D eigenvalue weighted by molar-refractivity contribution is -0.157. The number of halogens is 3. The van der Waals surface area contributed by atoms with Gasteiger partial charge in [0, 0.05) is 0 Å². The van der Waals surface area contributed by atoms with Gasteiger partial charge in [-0.1, -0.05) is 0 Å². The number of carbonyl (C=O) groups excluding carboxylic acids is 1. The van der Waals surface area contributed by atoms with Crippen molar-refractivity contribution in [3.05, 3.63) is 17.8 Å². The number of nitrogens with zero attached hydrogens (tertiary/aromatic N) is 1. The molecule has 0 saturated heterocycles. The Balaban J connectivity index is 2.98. The monoisotopic (exact) mass is 165 g/mol. The van der Waals surface area contributed by atoms with Gasteiger partial charge in [-0.05, 0) is 0 Å². The zero-order valence-corrected chi connectivity index (χ0v) is 5.05. The van der Waals surface area contributed by atoms with Crippen molar-refractivity contribution in [2.75, 3.05) is 0 Å². The quantitative estimate of drug-likeness (QED) is 0.592. The van der Waals surface area contributed by atoms with E-state index in [1.165, 1.54) is 0 Å². The molecule has 1 aromatic rings. The van der Waals surface area contributed by atoms with E-state index in [4.69, 9.17) is 0 Å². The van der Waals surface area contributed by atoms with Gasteiger partial charge < -0.3 is 4.42 Å². The topological polar surface area (TPSA) is 43.1 Å². The van der Waals surface area contributed by atoms with Crippen LogP contribution in [0.15, 0.2) is 10.7 Å². The van der Waals surface area contributed by atoms with E-state index in [1.54, 1.807) is 0 Å². The van der Waals surface area contributed by atoms with Crippen LogP contribution < -0.4 is 0 Å². The standard InChI is InChI=1S/C5H2F3NO2/c6-5(7,8)4-9-3(1-10)2-11-4/h1-2H. The van der Waals surface area contributed by atoms with Crippen molar-refractivity contribution in [1.82, 2.24) is 4.98 Å². The first-order valence-corrected chi connectivity index (χ1v) is 2.52. The van der Waals surface area contributed by atoms with Crippen LogP contribution in [0.1, 0.15) is 16.4 Å². The van der Waals surface area contributed by atoms with Crippen LogP contribution in [0, 0.1) is 0 Å². The van der Waals surface area contributed by atoms with Gasteiger partial charge in [0.05, 0.1) is 0 Å². The predicted molar refractivity (Wildman–Crippen MR) is 26.9 cm³/mol. The molecule has 0 aliphatic rings. The first-order valence-electron chi connectivity index (χ1n) is 2.52. The first kappa shape index (κ1) is 7.77. The highest BCUT2D eigenvalue weighted by atomic mass is 19.4. The number of carbonyl (C=O) groups is 1. The van der Waals surface area contributed by atoms with Crippen LogP contribution >= 0.6 is 0 Å². The molecule has 0 aliphatic heterocycles. The van der Waals surface area contributed by atoms with Gasteiger partial charge >= 0.3 is 12.1 Å². The highest BCUT2D eigenvalue weighted by Crippen LogP contribution is 2.27. The van der Waals surface area contributed by atoms with E-state index in [9.17, 15) is 18.0 Å². The van der Waals surface area contributed by atoms with E-state index in [0.29, 0.717) is 6.26 Å². The molecule has 0 fully saturated rings. The number of alkyl halides is 3. The summed E-state index contributed by atoms with van der Waals surface area (Å²) in [5.41, 5.74) is -0.364. The van der Waals surface area contributed by atoms with Crippen molar-refractivity contribution in [3.63, 3.8) is 0 Å². The minimum atomic E-state index is -4.62. The van der Waals surface area contributed by atoms with Gasteiger partial charge in [0.2, 0.25) is 0 Å². The van der Waals surface area contributed by atoms with Crippen LogP contribution in [-0.4, -0.2) is 11.3 Å². The van der Waals surface area contributed by atoms with Crippen molar-refractivity contribution in [2.24, 2.45) is 0 Å². The Kier molecular flexibility index (Phi) is 1.67. The fraction of sp³-hybridized carbons (Fsp3) is 0.200. The second-order valence-corrected chi connectivity index (χ2v) is 1.69. The third-order valence-electron chi connectivity index (χ3n) is 0.885. The molecular weight excluding hydrogens is 163 g/mol. The minimum absolute atomic E-state index is 0.179. The van der Waals surface area contributed by atoms with Gasteiger partial charge in [0.25, 0.3) is 0 Å². The maximum Gasteiger partial charge on any atom is 0.468 e. The molecule has 1 aromatic heterocycles. The molecule has 0 atom stereocenters. The third-order valence-corrected chi connectivity index (χ3v) is 0.885. The van der Waals surface area contributed by atoms with Gasteiger partial charge in [0.15, 0.2) is 6.29 Å². The Morgan fingerprint density at radius 2 is 2.18 bits per heavy atom. The van der Waals surface area contributed by atoms with Crippen LogP contribution in [0.2, 0.25) is 0 Å². The molecule has 0 bridgehead atoms. The number of hydrogen-bond donors (Lipinski definition) is 0. The molecule has 6 heteroatoms. The van der Waals surface area contributed by atoms with Crippen LogP contribution in [0.25, 0.3) is 0 Å². The van der Waals surface area contributed by atoms with Gasteiger partial charge in [0.1, 0.15) is 12.0 Å². The summed E-state index contributed by atoms with van der Waals surface area (Å²) < 4.78 is 38.9. The maximum atomic E-state index is 11.7. The molecule has 0 amide bonds. The lowest BCUT2D eigenvalue weighted by Gasteiger charge is -1.96. The van der Waals surface area contributed by atoms with Crippen molar-refractivity contribution < 1.29 is 22.4 Å². The zero-order chi connectivity index (χ0) is 8.48. The summed E-state index contributed by atoms with van der Waals surface area (Å²) in [6, 6.07) is 0. The molecule has 1 heterocycles. The second kappa shape index (κ2) is 2.37. The van der Waals surface area contributed by atoms with Crippen molar-refractivity contribution in [3.8, 4) is 0 Å². The average Bonchev–Trinajstić information content (AvgIpc) is 2.32. The fourth-order valence-electron chi connectivity index (χ4n) is 0.470. The van der Waals surface area contributed by atoms with Gasteiger partial charge in [-0.2, -0.15) is 13.2 Å². The third kappa shape index (κ3) is 1.57. The lowest BCUT2D eigenvalue weighted by atomic mass is 10.5. The second-order valence-electron chi connectivity index (χ2n) is 1.69. The molecule has 0 radical (unpaired) electrons. The van der Waals surface area contributed by atoms with Crippen LogP contribution in [0.3, 0.4) is 0 Å². The van der Waals surface area contributed by atoms with Crippen molar-refractivity contribution in [2.45, 2.75) is 6.18 Å². The Morgan fingerprint density at radius 1 is 1.55 bits per heavy atom. The van der Waals surface area contributed by atoms with Gasteiger partial charge in [-0.3, -0.25) is 4.79 Å². The number of hydrogen-bond acceptors (Lipinski definition) is 3. The highest BCUT2D eigenvalue weighted by Gasteiger charge is 2.37. The average molecular weight is 165 g/mol. The molecule has 3 nitrogen and oxygen atoms in total. The fourth-order valence-corrected chi connectivity index (χ4v) is 0.470. The number of aldehydes is 1. The largest absolute Gasteiger partial charge is 0.468 e. The SMILES string of the molecule is O=Cc1coc(C(F)(F)F)n1. The molecule has 0 spiro atoms. The molecule has 1 rings (SSSR count). The summed E-state index contributed by atoms with van der Waals surface area (Å²) in [6.07, 6.45) is -3.80. The summed E-state index contributed by atoms with van der Waals surface area (Å²) >= 11 is 0. The number of aromatic nitrogens is 1. The van der Waals surface area contributed by atoms with E-state index < -0.39 is 12.1 Å². The van der Waals surface area contributed by atoms with E-state index in [0.717, 1.165) is 0 Å². The smallest absolute Gasteiger partial charge is 0.441 e. The lowest BCUT2D eigenvalue weighted by Crippen LogP contribution is -2.05. The van der Waals surface area contributed by atoms with Gasteiger partial charge in [-0.15, -0.1) is 0 Å². The molecular formula is C5H2F3NO2. The van der Waals surface area contributed by atoms with Crippen LogP contribution in [0.4, 0.5) is 13.2 Å². The van der Waals surface area contributed by atoms with E-state index in [-0.39, 0.29) is 12.0 Å². The Bertz CT molecular complexity index is 265. The molecule has 0 unspecified atom stereocenters. The Hall–Kier alpha value is -1.33. The van der Waals surface area contributed by atoms with Crippen molar-refractivity contribution in [1.29, 1.82) is 0 Å². The maximum absolute atomic E-state index is 11.7. The van der Waals surface area contributed by atoms with Crippen molar-refractivity contribution >= 4 is 6.29 Å². The molecule has 60 valence electrons. The van der Waals surface area contributed by atoms with E-state index in [2.05, 4.69) is 9.40 Å². The van der Waals surface area contributed by atoms with E-state index >= 15 is 0 Å². The first-order chi connectivity index (χ1) is 5.04. The summed E-state index contributed by atoms with van der Waals surface area (Å²) in [6.45, 7) is 0. The van der Waals surface area contributed by atoms with Gasteiger partial charge in [-0.25, -0.2) is 4.98 Å². The normalized spacial score (nSPS) is 11.5. The summed E-state index contributed by atoms with van der Waals surface area (Å²) in [4.78, 5) is 12.7. The highest BCUT2D eigenvalue weighted by molar-refractivity contribution is 5.70. The molecule has 11 heavy (non-hydrogen) atoms. The number of rotatable bonds is 1. The summed E-state index contributed by atoms with van der Waals surface area (Å²) in [5, 5.41) is 0. The number of oxazole rings is 1. The minimum Gasteiger partial charge on any atom is -0.441 e. The van der Waals surface area contributed by atoms with E-state index in [1.807, 2.05) is 0 Å². The summed E-state index contributed by atoms with van der Waals surface area (Å²) in [7, 11) is 0. The Morgan fingerprint density at radius 3 is 2.45 bits per heavy atom. The molecule has 0 saturated carbocycles. The molecule has 0 N–H and O–H groups in total. The Labute approximate surface area is 58.8 Å². The zero-order valence-electron chi connectivity index (χ0n) is 5.05.